The van der Waals surface area contributed by atoms with E-state index in [2.05, 4.69) is 20.9 Å². The van der Waals surface area contributed by atoms with Crippen LogP contribution < -0.4 is 16.0 Å². The molecule has 0 atom stereocenters. The van der Waals surface area contributed by atoms with E-state index in [-0.39, 0.29) is 24.4 Å². The van der Waals surface area contributed by atoms with Crippen LogP contribution in [0, 0.1) is 0 Å². The van der Waals surface area contributed by atoms with Crippen molar-refractivity contribution in [3.8, 4) is 0 Å². The average Bonchev–Trinajstić information content (AvgIpc) is 2.54. The first-order valence-electron chi connectivity index (χ1n) is 6.57. The molecule has 0 bridgehead atoms. The van der Waals surface area contributed by atoms with Crippen LogP contribution in [0.15, 0.2) is 0 Å². The summed E-state index contributed by atoms with van der Waals surface area (Å²) in [6.07, 6.45) is 1.06. The van der Waals surface area contributed by atoms with E-state index in [4.69, 9.17) is 0 Å². The first-order valence-corrected chi connectivity index (χ1v) is 6.57. The van der Waals surface area contributed by atoms with Crippen LogP contribution in [0.25, 0.3) is 0 Å². The zero-order valence-electron chi connectivity index (χ0n) is 11.3. The number of carbonyl (C=O) groups excluding carboxylic acids is 2. The van der Waals surface area contributed by atoms with E-state index < -0.39 is 0 Å². The van der Waals surface area contributed by atoms with Gasteiger partial charge in [-0.25, -0.2) is 0 Å². The van der Waals surface area contributed by atoms with Crippen molar-refractivity contribution in [2.24, 2.45) is 0 Å². The van der Waals surface area contributed by atoms with Crippen molar-refractivity contribution in [3.63, 3.8) is 0 Å². The van der Waals surface area contributed by atoms with Crippen LogP contribution in [0.1, 0.15) is 20.3 Å². The number of hydrogen-bond donors (Lipinski definition) is 3. The highest BCUT2D eigenvalue weighted by Gasteiger charge is 2.13. The maximum Gasteiger partial charge on any atom is 0.239 e. The van der Waals surface area contributed by atoms with Crippen LogP contribution in [0.5, 0.6) is 0 Å². The summed E-state index contributed by atoms with van der Waals surface area (Å²) in [7, 11) is 0. The largest absolute Gasteiger partial charge is 0.352 e. The van der Waals surface area contributed by atoms with Crippen molar-refractivity contribution < 1.29 is 9.59 Å². The molecule has 18 heavy (non-hydrogen) atoms. The minimum Gasteiger partial charge on any atom is -0.352 e. The molecule has 0 aliphatic carbocycles. The van der Waals surface area contributed by atoms with E-state index in [1.54, 1.807) is 0 Å². The minimum absolute atomic E-state index is 0.0586. The molecule has 0 radical (unpaired) electrons. The second-order valence-electron chi connectivity index (χ2n) is 4.88. The van der Waals surface area contributed by atoms with Gasteiger partial charge in [0.2, 0.25) is 11.8 Å². The highest BCUT2D eigenvalue weighted by molar-refractivity contribution is 5.85. The SMILES string of the molecule is CC(C)NC(=O)CNC(=O)CN1CCCNCC1. The molecule has 0 saturated carbocycles. The summed E-state index contributed by atoms with van der Waals surface area (Å²) in [6, 6.07) is 0.103. The molecule has 0 aromatic heterocycles. The molecule has 1 saturated heterocycles. The molecule has 0 aromatic rings. The van der Waals surface area contributed by atoms with Gasteiger partial charge in [0, 0.05) is 19.1 Å². The zero-order chi connectivity index (χ0) is 13.4. The molecule has 0 aromatic carbocycles. The van der Waals surface area contributed by atoms with Gasteiger partial charge in [0.1, 0.15) is 0 Å². The molecule has 2 amide bonds. The first-order chi connectivity index (χ1) is 8.58. The summed E-state index contributed by atoms with van der Waals surface area (Å²) in [5.74, 6) is -0.230. The lowest BCUT2D eigenvalue weighted by Crippen LogP contribution is -2.44. The van der Waals surface area contributed by atoms with E-state index >= 15 is 0 Å². The van der Waals surface area contributed by atoms with Gasteiger partial charge in [-0.15, -0.1) is 0 Å². The Morgan fingerprint density at radius 3 is 2.72 bits per heavy atom. The van der Waals surface area contributed by atoms with E-state index in [1.807, 2.05) is 13.8 Å². The number of amides is 2. The third kappa shape index (κ3) is 6.56. The highest BCUT2D eigenvalue weighted by atomic mass is 16.2. The fourth-order valence-corrected chi connectivity index (χ4v) is 1.87. The Labute approximate surface area is 108 Å². The summed E-state index contributed by atoms with van der Waals surface area (Å²) in [4.78, 5) is 25.1. The Morgan fingerprint density at radius 2 is 2.00 bits per heavy atom. The van der Waals surface area contributed by atoms with Gasteiger partial charge in [0.05, 0.1) is 13.1 Å². The normalized spacial score (nSPS) is 17.3. The topological polar surface area (TPSA) is 73.5 Å². The maximum atomic E-state index is 11.7. The van der Waals surface area contributed by atoms with Gasteiger partial charge in [-0.2, -0.15) is 0 Å². The van der Waals surface area contributed by atoms with E-state index in [1.165, 1.54) is 0 Å². The highest BCUT2D eigenvalue weighted by Crippen LogP contribution is 1.94. The number of carbonyl (C=O) groups is 2. The fraction of sp³-hybridized carbons (Fsp3) is 0.833. The lowest BCUT2D eigenvalue weighted by molar-refractivity contribution is -0.127. The van der Waals surface area contributed by atoms with Gasteiger partial charge in [-0.05, 0) is 33.4 Å². The third-order valence-electron chi connectivity index (χ3n) is 2.70. The number of nitrogens with zero attached hydrogens (tertiary/aromatic N) is 1. The third-order valence-corrected chi connectivity index (χ3v) is 2.70. The molecule has 1 heterocycles. The smallest absolute Gasteiger partial charge is 0.239 e. The first kappa shape index (κ1) is 14.9. The zero-order valence-corrected chi connectivity index (χ0v) is 11.3. The molecule has 1 rings (SSSR count). The van der Waals surface area contributed by atoms with Crippen molar-refractivity contribution in [3.05, 3.63) is 0 Å². The Balaban J connectivity index is 2.18. The van der Waals surface area contributed by atoms with E-state index in [9.17, 15) is 9.59 Å². The summed E-state index contributed by atoms with van der Waals surface area (Å²) in [6.45, 7) is 7.95. The van der Waals surface area contributed by atoms with Crippen LogP contribution in [-0.4, -0.2) is 62.0 Å². The van der Waals surface area contributed by atoms with Crippen LogP contribution in [0.4, 0.5) is 0 Å². The second kappa shape index (κ2) is 8.05. The summed E-state index contributed by atoms with van der Waals surface area (Å²) in [5.41, 5.74) is 0. The van der Waals surface area contributed by atoms with Crippen molar-refractivity contribution >= 4 is 11.8 Å². The summed E-state index contributed by atoms with van der Waals surface area (Å²) >= 11 is 0. The van der Waals surface area contributed by atoms with Gasteiger partial charge in [-0.3, -0.25) is 14.5 Å². The van der Waals surface area contributed by atoms with Crippen LogP contribution in [0.3, 0.4) is 0 Å². The summed E-state index contributed by atoms with van der Waals surface area (Å²) < 4.78 is 0. The van der Waals surface area contributed by atoms with Crippen molar-refractivity contribution in [1.82, 2.24) is 20.9 Å². The van der Waals surface area contributed by atoms with Gasteiger partial charge in [-0.1, -0.05) is 0 Å². The molecular weight excluding hydrogens is 232 g/mol. The molecule has 6 nitrogen and oxygen atoms in total. The van der Waals surface area contributed by atoms with Gasteiger partial charge >= 0.3 is 0 Å². The minimum atomic E-state index is -0.143. The van der Waals surface area contributed by atoms with Crippen molar-refractivity contribution in [2.75, 3.05) is 39.3 Å². The Bertz CT molecular complexity index is 273. The van der Waals surface area contributed by atoms with Gasteiger partial charge < -0.3 is 16.0 Å². The van der Waals surface area contributed by atoms with Crippen molar-refractivity contribution in [1.29, 1.82) is 0 Å². The molecule has 104 valence electrons. The molecule has 6 heteroatoms. The maximum absolute atomic E-state index is 11.7. The number of hydrogen-bond acceptors (Lipinski definition) is 4. The molecule has 3 N–H and O–H groups in total. The monoisotopic (exact) mass is 256 g/mol. The molecular formula is C12H24N4O2. The van der Waals surface area contributed by atoms with E-state index in [0.29, 0.717) is 6.54 Å². The Hall–Kier alpha value is -1.14. The predicted octanol–water partition coefficient (Wildman–Crippen LogP) is -1.08. The molecule has 0 spiro atoms. The predicted molar refractivity (Wildman–Crippen MR) is 70.2 cm³/mol. The van der Waals surface area contributed by atoms with Crippen LogP contribution >= 0.6 is 0 Å². The fourth-order valence-electron chi connectivity index (χ4n) is 1.87. The lowest BCUT2D eigenvalue weighted by Gasteiger charge is -2.18. The quantitative estimate of drug-likeness (QED) is 0.585. The van der Waals surface area contributed by atoms with Crippen LogP contribution in [0.2, 0.25) is 0 Å². The molecule has 0 unspecified atom stereocenters. The van der Waals surface area contributed by atoms with E-state index in [0.717, 1.165) is 32.6 Å². The lowest BCUT2D eigenvalue weighted by atomic mass is 10.3. The Morgan fingerprint density at radius 1 is 1.22 bits per heavy atom. The van der Waals surface area contributed by atoms with Crippen molar-refractivity contribution in [2.45, 2.75) is 26.3 Å². The number of rotatable bonds is 5. The Kier molecular flexibility index (Phi) is 6.67. The number of nitrogens with one attached hydrogen (secondary N) is 3. The molecule has 1 aliphatic heterocycles. The standard InChI is InChI=1S/C12H24N4O2/c1-10(2)15-11(17)8-14-12(18)9-16-6-3-4-13-5-7-16/h10,13H,3-9H2,1-2H3,(H,14,18)(H,15,17). The molecule has 1 fully saturated rings. The average molecular weight is 256 g/mol. The second-order valence-corrected chi connectivity index (χ2v) is 4.88. The summed E-state index contributed by atoms with van der Waals surface area (Å²) in [5, 5.41) is 8.66. The van der Waals surface area contributed by atoms with Crippen LogP contribution in [-0.2, 0) is 9.59 Å². The molecule has 1 aliphatic rings. The van der Waals surface area contributed by atoms with Gasteiger partial charge in [0.15, 0.2) is 0 Å². The van der Waals surface area contributed by atoms with Gasteiger partial charge in [0.25, 0.3) is 0 Å².